The summed E-state index contributed by atoms with van der Waals surface area (Å²) in [4.78, 5) is 5.47. The van der Waals surface area contributed by atoms with Crippen LogP contribution in [0.5, 0.6) is 0 Å². The van der Waals surface area contributed by atoms with Crippen molar-refractivity contribution < 1.29 is 4.42 Å². The first-order valence-corrected chi connectivity index (χ1v) is 25.8. The van der Waals surface area contributed by atoms with Gasteiger partial charge in [-0.1, -0.05) is 146 Å². The van der Waals surface area contributed by atoms with Gasteiger partial charge in [0, 0.05) is 48.0 Å². The van der Waals surface area contributed by atoms with Gasteiger partial charge >= 0.3 is 6.85 Å². The van der Waals surface area contributed by atoms with Gasteiger partial charge in [0.05, 0.1) is 17.1 Å². The van der Waals surface area contributed by atoms with Gasteiger partial charge in [-0.05, 0) is 152 Å². The molecular formula is C63H57BN2OS. The fourth-order valence-corrected chi connectivity index (χ4v) is 14.7. The third kappa shape index (κ3) is 5.37. The van der Waals surface area contributed by atoms with Crippen molar-refractivity contribution in [2.75, 3.05) is 9.71 Å². The van der Waals surface area contributed by atoms with Crippen LogP contribution in [0.15, 0.2) is 138 Å². The topological polar surface area (TPSA) is 19.6 Å². The molecule has 0 fully saturated rings. The number of para-hydroxylation sites is 2. The number of benzene rings is 8. The number of rotatable bonds is 2. The van der Waals surface area contributed by atoms with E-state index < -0.39 is 0 Å². The molecule has 0 N–H and O–H groups in total. The molecule has 0 atom stereocenters. The first-order chi connectivity index (χ1) is 32.6. The minimum atomic E-state index is -0.146. The lowest BCUT2D eigenvalue weighted by molar-refractivity contribution is 0.332. The van der Waals surface area contributed by atoms with Crippen LogP contribution in [0.25, 0.3) is 64.7 Å². The van der Waals surface area contributed by atoms with Crippen LogP contribution in [-0.2, 0) is 21.7 Å². The van der Waals surface area contributed by atoms with Gasteiger partial charge < -0.3 is 14.1 Å². The molecule has 334 valence electrons. The quantitative estimate of drug-likeness (QED) is 0.161. The van der Waals surface area contributed by atoms with Gasteiger partial charge in [-0.15, -0.1) is 11.3 Å². The first kappa shape index (κ1) is 40.7. The number of nitrogens with zero attached hydrogens (tertiary/aromatic N) is 2. The molecule has 0 amide bonds. The number of fused-ring (bicyclic) bond motifs is 15. The number of aryl methyl sites for hydroxylation is 1. The molecule has 68 heavy (non-hydrogen) atoms. The van der Waals surface area contributed by atoms with Crippen LogP contribution in [0, 0.1) is 6.92 Å². The summed E-state index contributed by atoms with van der Waals surface area (Å²) in [7, 11) is 0. The molecular weight excluding hydrogens is 844 g/mol. The molecule has 5 heteroatoms. The molecule has 10 aromatic rings. The standard InChI is InChI=1S/C63H57BN2OS/c1-36-31-45-47(62(6,7)29-27-60(45,2)3)34-51(36)65-56-40-20-13-11-18-38(40)32-44-54-39-19-12-10-17-37(39)25-26-49(54)66(50-23-16-22-42-41-21-14-15-24-52(41)67-58(42)50)64(55(44)56)59-57(65)43-33-46-48(35-53(43)68-59)63(8,9)30-28-61(46,4)5/h10-26,31-35H,27-30H2,1-9H3. The number of anilines is 5. The van der Waals surface area contributed by atoms with E-state index in [-0.39, 0.29) is 28.5 Å². The lowest BCUT2D eigenvalue weighted by Gasteiger charge is -2.47. The molecule has 2 aliphatic heterocycles. The molecule has 3 nitrogen and oxygen atoms in total. The second-order valence-electron chi connectivity index (χ2n) is 23.4. The zero-order chi connectivity index (χ0) is 46.4. The van der Waals surface area contributed by atoms with Crippen LogP contribution in [0.2, 0.25) is 0 Å². The second-order valence-corrected chi connectivity index (χ2v) is 24.5. The Morgan fingerprint density at radius 3 is 1.84 bits per heavy atom. The molecule has 0 saturated heterocycles. The van der Waals surface area contributed by atoms with Crippen molar-refractivity contribution in [2.45, 2.75) is 110 Å². The van der Waals surface area contributed by atoms with Gasteiger partial charge in [-0.2, -0.15) is 0 Å². The summed E-state index contributed by atoms with van der Waals surface area (Å²) < 4.78 is 9.79. The van der Waals surface area contributed by atoms with Crippen LogP contribution in [-0.4, -0.2) is 6.85 Å². The van der Waals surface area contributed by atoms with Gasteiger partial charge in [-0.3, -0.25) is 0 Å². The number of hydrogen-bond acceptors (Lipinski definition) is 4. The van der Waals surface area contributed by atoms with E-state index in [1.54, 1.807) is 0 Å². The molecule has 0 unspecified atom stereocenters. The average Bonchev–Trinajstić information content (AvgIpc) is 3.90. The van der Waals surface area contributed by atoms with Gasteiger partial charge in [0.1, 0.15) is 5.58 Å². The Hall–Kier alpha value is -6.30. The lowest BCUT2D eigenvalue weighted by Crippen LogP contribution is -2.60. The Labute approximate surface area is 404 Å². The van der Waals surface area contributed by atoms with Crippen molar-refractivity contribution in [2.24, 2.45) is 0 Å². The summed E-state index contributed by atoms with van der Waals surface area (Å²) in [5, 5.41) is 8.70. The third-order valence-corrected chi connectivity index (χ3v) is 18.6. The van der Waals surface area contributed by atoms with E-state index in [1.165, 1.54) is 123 Å². The molecule has 0 saturated carbocycles. The van der Waals surface area contributed by atoms with Crippen molar-refractivity contribution in [3.05, 3.63) is 161 Å². The van der Waals surface area contributed by atoms with Crippen LogP contribution in [0.3, 0.4) is 0 Å². The third-order valence-electron chi connectivity index (χ3n) is 17.4. The van der Waals surface area contributed by atoms with E-state index in [2.05, 4.69) is 205 Å². The monoisotopic (exact) mass is 900 g/mol. The highest BCUT2D eigenvalue weighted by atomic mass is 32.1. The van der Waals surface area contributed by atoms with E-state index in [1.807, 2.05) is 11.3 Å². The molecule has 2 aliphatic carbocycles. The number of hydrogen-bond donors (Lipinski definition) is 0. The minimum absolute atomic E-state index is 0.0396. The Kier molecular flexibility index (Phi) is 8.08. The van der Waals surface area contributed by atoms with Gasteiger partial charge in [-0.25, -0.2) is 0 Å². The van der Waals surface area contributed by atoms with Crippen LogP contribution in [0.1, 0.15) is 109 Å². The molecule has 0 bridgehead atoms. The van der Waals surface area contributed by atoms with Crippen molar-refractivity contribution in [3.63, 3.8) is 0 Å². The SMILES string of the molecule is Cc1cc2c(cc1N1c3c4c(cc5ccccc35)-c3c(ccc5ccccc35)N(c3cccc5c3oc3ccccc35)B4c3sc4cc5c(cc4c31)C(C)(C)CCC5(C)C)C(C)(C)CCC2(C)C. The maximum atomic E-state index is 7.05. The van der Waals surface area contributed by atoms with Crippen LogP contribution < -0.4 is 20.0 Å². The molecule has 0 radical (unpaired) electrons. The second kappa shape index (κ2) is 13.5. The largest absolute Gasteiger partial charge is 0.454 e. The summed E-state index contributed by atoms with van der Waals surface area (Å²) in [5.74, 6) is 0. The number of thiophene rings is 1. The molecule has 4 heterocycles. The van der Waals surface area contributed by atoms with Crippen LogP contribution >= 0.6 is 11.3 Å². The highest BCUT2D eigenvalue weighted by Crippen LogP contribution is 2.57. The Balaban J connectivity index is 1.19. The summed E-state index contributed by atoms with van der Waals surface area (Å²) in [6.07, 6.45) is 4.70. The van der Waals surface area contributed by atoms with E-state index in [9.17, 15) is 0 Å². The predicted molar refractivity (Wildman–Crippen MR) is 293 cm³/mol. The zero-order valence-electron chi connectivity index (χ0n) is 40.8. The highest BCUT2D eigenvalue weighted by Gasteiger charge is 2.50. The highest BCUT2D eigenvalue weighted by molar-refractivity contribution is 7.32. The van der Waals surface area contributed by atoms with E-state index in [4.69, 9.17) is 4.42 Å². The fraction of sp³-hybridized carbons (Fsp3) is 0.270. The van der Waals surface area contributed by atoms with Crippen molar-refractivity contribution >= 4 is 110 Å². The number of furan rings is 1. The van der Waals surface area contributed by atoms with E-state index >= 15 is 0 Å². The van der Waals surface area contributed by atoms with Crippen molar-refractivity contribution in [3.8, 4) is 11.1 Å². The average molecular weight is 901 g/mol. The minimum Gasteiger partial charge on any atom is -0.454 e. The van der Waals surface area contributed by atoms with Gasteiger partial charge in [0.25, 0.3) is 0 Å². The van der Waals surface area contributed by atoms with E-state index in [0.29, 0.717) is 0 Å². The maximum Gasteiger partial charge on any atom is 0.343 e. The summed E-state index contributed by atoms with van der Waals surface area (Å²) in [6, 6.07) is 51.3. The Morgan fingerprint density at radius 1 is 0.500 bits per heavy atom. The van der Waals surface area contributed by atoms with Crippen molar-refractivity contribution in [1.29, 1.82) is 0 Å². The van der Waals surface area contributed by atoms with Gasteiger partial charge in [0.2, 0.25) is 0 Å². The Bertz CT molecular complexity index is 3860. The molecule has 2 aromatic heterocycles. The summed E-state index contributed by atoms with van der Waals surface area (Å²) in [5.41, 5.74) is 19.6. The maximum absolute atomic E-state index is 7.05. The van der Waals surface area contributed by atoms with Gasteiger partial charge in [0.15, 0.2) is 5.58 Å². The summed E-state index contributed by atoms with van der Waals surface area (Å²) >= 11 is 2.02. The normalized spacial score (nSPS) is 18.2. The Morgan fingerprint density at radius 2 is 1.10 bits per heavy atom. The van der Waals surface area contributed by atoms with E-state index in [0.717, 1.165) is 34.0 Å². The van der Waals surface area contributed by atoms with Crippen LogP contribution in [0.4, 0.5) is 28.4 Å². The zero-order valence-corrected chi connectivity index (χ0v) is 41.6. The first-order valence-electron chi connectivity index (χ1n) is 25.0. The lowest BCUT2D eigenvalue weighted by atomic mass is 9.46. The molecule has 4 aliphatic rings. The molecule has 0 spiro atoms. The smallest absolute Gasteiger partial charge is 0.343 e. The fourth-order valence-electron chi connectivity index (χ4n) is 13.4. The van der Waals surface area contributed by atoms with Crippen molar-refractivity contribution in [1.82, 2.24) is 0 Å². The molecule has 14 rings (SSSR count). The molecule has 8 aromatic carbocycles. The predicted octanol–water partition coefficient (Wildman–Crippen LogP) is 16.8. The summed E-state index contributed by atoms with van der Waals surface area (Å²) in [6.45, 7) is 22.0.